The molecule has 0 amide bonds. The van der Waals surface area contributed by atoms with Crippen molar-refractivity contribution >= 4 is 17.9 Å². The molecule has 73 heavy (non-hydrogen) atoms. The van der Waals surface area contributed by atoms with E-state index in [0.717, 1.165) is 109 Å². The van der Waals surface area contributed by atoms with E-state index in [1.54, 1.807) is 0 Å². The summed E-state index contributed by atoms with van der Waals surface area (Å²) in [7, 11) is 0. The summed E-state index contributed by atoms with van der Waals surface area (Å²) in [5, 5.41) is 0. The molecule has 0 heterocycles. The van der Waals surface area contributed by atoms with Gasteiger partial charge in [-0.3, -0.25) is 14.4 Å². The fourth-order valence-corrected chi connectivity index (χ4v) is 8.63. The van der Waals surface area contributed by atoms with E-state index in [1.165, 1.54) is 154 Å². The van der Waals surface area contributed by atoms with Crippen LogP contribution in [0.1, 0.15) is 303 Å². The van der Waals surface area contributed by atoms with Gasteiger partial charge >= 0.3 is 17.9 Å². The average molecular weight is 1020 g/mol. The number of carbonyl (C=O) groups excluding carboxylic acids is 3. The molecule has 1 atom stereocenters. The maximum atomic E-state index is 12.9. The third-order valence-electron chi connectivity index (χ3n) is 13.3. The molecular formula is C67H116O6. The average Bonchev–Trinajstić information content (AvgIpc) is 3.39. The summed E-state index contributed by atoms with van der Waals surface area (Å²) in [5.74, 6) is -0.930. The first-order valence-corrected chi connectivity index (χ1v) is 31.1. The standard InChI is InChI=1S/C67H116O6/c1-4-7-10-13-16-19-22-25-28-30-32-33-35-37-40-42-45-48-51-54-57-60-66(69)72-63-64(73-67(70)61-58-55-52-49-46-43-38-27-24-21-18-15-12-9-6-3)62-71-65(68)59-56-53-50-47-44-41-39-36-34-31-29-26-23-20-17-14-11-8-5-2/h17-18,20-21,25-29,34,36,38,41,44,64H,4-16,19,22-24,30-33,35,37,39-40,42-43,45-63H2,1-3H3/b20-17-,21-18-,28-25-,29-26-,36-34-,38-27-,44-41-/t64-/m1/s1. The van der Waals surface area contributed by atoms with Gasteiger partial charge in [-0.1, -0.05) is 247 Å². The molecule has 0 aliphatic heterocycles. The van der Waals surface area contributed by atoms with Crippen molar-refractivity contribution in [2.45, 2.75) is 309 Å². The number of rotatable bonds is 56. The van der Waals surface area contributed by atoms with Crippen LogP contribution in [0.15, 0.2) is 85.1 Å². The summed E-state index contributed by atoms with van der Waals surface area (Å²) in [5.41, 5.74) is 0. The van der Waals surface area contributed by atoms with Crippen LogP contribution in [0.2, 0.25) is 0 Å². The van der Waals surface area contributed by atoms with Crippen molar-refractivity contribution in [3.05, 3.63) is 85.1 Å². The fourth-order valence-electron chi connectivity index (χ4n) is 8.63. The van der Waals surface area contributed by atoms with Crippen LogP contribution in [0.5, 0.6) is 0 Å². The van der Waals surface area contributed by atoms with E-state index in [2.05, 4.69) is 106 Å². The number of hydrogen-bond acceptors (Lipinski definition) is 6. The predicted octanol–water partition coefficient (Wildman–Crippen LogP) is 21.1. The molecule has 0 radical (unpaired) electrons. The number of unbranched alkanes of at least 4 members (excludes halogenated alkanes) is 31. The zero-order chi connectivity index (χ0) is 52.9. The molecular weight excluding hydrogens is 901 g/mol. The highest BCUT2D eigenvalue weighted by molar-refractivity contribution is 5.71. The van der Waals surface area contributed by atoms with Crippen molar-refractivity contribution in [1.82, 2.24) is 0 Å². The Kier molecular flexibility index (Phi) is 58.3. The first-order valence-electron chi connectivity index (χ1n) is 31.1. The van der Waals surface area contributed by atoms with Crippen molar-refractivity contribution in [2.24, 2.45) is 0 Å². The lowest BCUT2D eigenvalue weighted by Crippen LogP contribution is -2.30. The minimum atomic E-state index is -0.799. The number of esters is 3. The van der Waals surface area contributed by atoms with Crippen LogP contribution in [0.3, 0.4) is 0 Å². The quantitative estimate of drug-likeness (QED) is 0.0261. The molecule has 0 N–H and O–H groups in total. The highest BCUT2D eigenvalue weighted by Crippen LogP contribution is 2.15. The Bertz CT molecular complexity index is 1400. The Labute approximate surface area is 452 Å². The minimum absolute atomic E-state index is 0.0922. The van der Waals surface area contributed by atoms with Gasteiger partial charge in [0.05, 0.1) is 0 Å². The third kappa shape index (κ3) is 59.3. The maximum absolute atomic E-state index is 12.9. The SMILES string of the molecule is CCCCC/C=C\C/C=C\C/C=C\C/C=C\CCCCCC(=O)OC[C@H](COC(=O)CCCCCCCCCCCCC/C=C\CCCCCCCC)OC(=O)CCCCCCC/C=C\C/C=C\CCCCC. The van der Waals surface area contributed by atoms with E-state index >= 15 is 0 Å². The van der Waals surface area contributed by atoms with Gasteiger partial charge in [0.15, 0.2) is 6.10 Å². The van der Waals surface area contributed by atoms with E-state index in [0.29, 0.717) is 19.3 Å². The van der Waals surface area contributed by atoms with Crippen LogP contribution in [0.25, 0.3) is 0 Å². The predicted molar refractivity (Wildman–Crippen MR) is 316 cm³/mol. The zero-order valence-electron chi connectivity index (χ0n) is 48.1. The van der Waals surface area contributed by atoms with Crippen molar-refractivity contribution in [3.8, 4) is 0 Å². The number of carbonyl (C=O) groups is 3. The van der Waals surface area contributed by atoms with Crippen LogP contribution < -0.4 is 0 Å². The first-order chi connectivity index (χ1) is 36.0. The van der Waals surface area contributed by atoms with Gasteiger partial charge < -0.3 is 14.2 Å². The molecule has 0 aromatic rings. The van der Waals surface area contributed by atoms with E-state index in [1.807, 2.05) is 0 Å². The molecule has 0 unspecified atom stereocenters. The third-order valence-corrected chi connectivity index (χ3v) is 13.3. The molecule has 6 heteroatoms. The maximum Gasteiger partial charge on any atom is 0.306 e. The lowest BCUT2D eigenvalue weighted by Gasteiger charge is -2.18. The zero-order valence-corrected chi connectivity index (χ0v) is 48.1. The summed E-state index contributed by atoms with van der Waals surface area (Å²) in [6.45, 7) is 6.57. The monoisotopic (exact) mass is 1020 g/mol. The molecule has 0 bridgehead atoms. The Morgan fingerprint density at radius 2 is 0.493 bits per heavy atom. The second-order valence-electron chi connectivity index (χ2n) is 20.6. The molecule has 0 saturated carbocycles. The molecule has 0 fully saturated rings. The largest absolute Gasteiger partial charge is 0.462 e. The number of allylic oxidation sites excluding steroid dienone is 14. The smallest absolute Gasteiger partial charge is 0.306 e. The van der Waals surface area contributed by atoms with E-state index in [-0.39, 0.29) is 31.1 Å². The van der Waals surface area contributed by atoms with Gasteiger partial charge in [-0.2, -0.15) is 0 Å². The molecule has 420 valence electrons. The van der Waals surface area contributed by atoms with Gasteiger partial charge in [0.2, 0.25) is 0 Å². The van der Waals surface area contributed by atoms with Crippen molar-refractivity contribution in [1.29, 1.82) is 0 Å². The van der Waals surface area contributed by atoms with Crippen molar-refractivity contribution in [2.75, 3.05) is 13.2 Å². The van der Waals surface area contributed by atoms with Crippen LogP contribution in [0, 0.1) is 0 Å². The second kappa shape index (κ2) is 61.1. The van der Waals surface area contributed by atoms with Crippen LogP contribution in [-0.2, 0) is 28.6 Å². The fraction of sp³-hybridized carbons (Fsp3) is 0.746. The lowest BCUT2D eigenvalue weighted by molar-refractivity contribution is -0.167. The highest BCUT2D eigenvalue weighted by Gasteiger charge is 2.19. The van der Waals surface area contributed by atoms with Gasteiger partial charge in [-0.15, -0.1) is 0 Å². The van der Waals surface area contributed by atoms with Gasteiger partial charge in [-0.25, -0.2) is 0 Å². The normalized spacial score (nSPS) is 12.6. The van der Waals surface area contributed by atoms with Gasteiger partial charge in [-0.05, 0) is 122 Å². The highest BCUT2D eigenvalue weighted by atomic mass is 16.6. The first kappa shape index (κ1) is 69.6. The summed E-state index contributed by atoms with van der Waals surface area (Å²) >= 11 is 0. The van der Waals surface area contributed by atoms with Crippen LogP contribution in [0.4, 0.5) is 0 Å². The van der Waals surface area contributed by atoms with Crippen molar-refractivity contribution < 1.29 is 28.6 Å². The van der Waals surface area contributed by atoms with Crippen LogP contribution >= 0.6 is 0 Å². The van der Waals surface area contributed by atoms with Gasteiger partial charge in [0, 0.05) is 19.3 Å². The van der Waals surface area contributed by atoms with E-state index in [9.17, 15) is 14.4 Å². The summed E-state index contributed by atoms with van der Waals surface area (Å²) in [6.07, 6.45) is 80.1. The molecule has 6 nitrogen and oxygen atoms in total. The summed E-state index contributed by atoms with van der Waals surface area (Å²) in [6, 6.07) is 0. The van der Waals surface area contributed by atoms with Gasteiger partial charge in [0.25, 0.3) is 0 Å². The Morgan fingerprint density at radius 3 is 0.822 bits per heavy atom. The Hall–Kier alpha value is -3.41. The molecule has 0 rings (SSSR count). The number of hydrogen-bond donors (Lipinski definition) is 0. The van der Waals surface area contributed by atoms with Gasteiger partial charge in [0.1, 0.15) is 13.2 Å². The van der Waals surface area contributed by atoms with Crippen LogP contribution in [-0.4, -0.2) is 37.2 Å². The molecule has 0 saturated heterocycles. The Balaban J connectivity index is 4.42. The molecule has 0 spiro atoms. The molecule has 0 aromatic carbocycles. The Morgan fingerprint density at radius 1 is 0.274 bits per heavy atom. The second-order valence-corrected chi connectivity index (χ2v) is 20.6. The number of ether oxygens (including phenoxy) is 3. The molecule has 0 aromatic heterocycles. The minimum Gasteiger partial charge on any atom is -0.462 e. The molecule has 0 aliphatic carbocycles. The summed E-state index contributed by atoms with van der Waals surface area (Å²) < 4.78 is 16.9. The van der Waals surface area contributed by atoms with E-state index < -0.39 is 6.10 Å². The van der Waals surface area contributed by atoms with Crippen molar-refractivity contribution in [3.63, 3.8) is 0 Å². The van der Waals surface area contributed by atoms with E-state index in [4.69, 9.17) is 14.2 Å². The molecule has 0 aliphatic rings. The lowest BCUT2D eigenvalue weighted by atomic mass is 10.0. The topological polar surface area (TPSA) is 78.9 Å². The summed E-state index contributed by atoms with van der Waals surface area (Å²) in [4.78, 5) is 38.3.